The van der Waals surface area contributed by atoms with Gasteiger partial charge in [-0.25, -0.2) is 4.79 Å². The highest BCUT2D eigenvalue weighted by Crippen LogP contribution is 2.14. The molecule has 0 aliphatic carbocycles. The van der Waals surface area contributed by atoms with Crippen LogP contribution in [0.1, 0.15) is 43.7 Å². The van der Waals surface area contributed by atoms with E-state index in [2.05, 4.69) is 15.8 Å². The maximum atomic E-state index is 11.9. The molecule has 0 fully saturated rings. The molecule has 1 heterocycles. The molecule has 0 aromatic carbocycles. The summed E-state index contributed by atoms with van der Waals surface area (Å²) in [6.45, 7) is 7.77. The quantitative estimate of drug-likeness (QED) is 0.710. The second-order valence-electron chi connectivity index (χ2n) is 5.14. The van der Waals surface area contributed by atoms with Crippen molar-refractivity contribution in [1.29, 1.82) is 0 Å². The fourth-order valence-electron chi connectivity index (χ4n) is 2.14. The number of urea groups is 1. The third kappa shape index (κ3) is 4.85. The number of amides is 2. The van der Waals surface area contributed by atoms with E-state index in [1.54, 1.807) is 0 Å². The molecule has 1 rings (SSSR count). The van der Waals surface area contributed by atoms with Gasteiger partial charge < -0.3 is 20.3 Å². The molecule has 6 nitrogen and oxygen atoms in total. The van der Waals surface area contributed by atoms with Gasteiger partial charge in [0.1, 0.15) is 5.76 Å². The van der Waals surface area contributed by atoms with Crippen LogP contribution in [0.4, 0.5) is 4.79 Å². The van der Waals surface area contributed by atoms with Gasteiger partial charge in [-0.05, 0) is 40.0 Å². The number of carbonyl (C=O) groups excluding carboxylic acids is 1. The van der Waals surface area contributed by atoms with Gasteiger partial charge in [0.15, 0.2) is 0 Å². The minimum atomic E-state index is -0.204. The summed E-state index contributed by atoms with van der Waals surface area (Å²) in [5.41, 5.74) is 1.91. The van der Waals surface area contributed by atoms with Crippen LogP contribution in [-0.4, -0.2) is 35.0 Å². The molecule has 20 heavy (non-hydrogen) atoms. The van der Waals surface area contributed by atoms with Crippen molar-refractivity contribution >= 4 is 6.03 Å². The number of aryl methyl sites for hydroxylation is 2. The molecule has 1 aromatic rings. The van der Waals surface area contributed by atoms with E-state index in [4.69, 9.17) is 9.63 Å². The van der Waals surface area contributed by atoms with E-state index < -0.39 is 0 Å². The van der Waals surface area contributed by atoms with Crippen molar-refractivity contribution in [3.8, 4) is 0 Å². The van der Waals surface area contributed by atoms with Crippen LogP contribution in [-0.2, 0) is 6.42 Å². The summed E-state index contributed by atoms with van der Waals surface area (Å²) in [6.07, 6.45) is 2.06. The Morgan fingerprint density at radius 3 is 2.60 bits per heavy atom. The van der Waals surface area contributed by atoms with E-state index in [1.165, 1.54) is 0 Å². The molecule has 2 unspecified atom stereocenters. The third-order valence-corrected chi connectivity index (χ3v) is 3.37. The Labute approximate surface area is 119 Å². The molecule has 2 amide bonds. The van der Waals surface area contributed by atoms with Gasteiger partial charge in [0.2, 0.25) is 0 Å². The van der Waals surface area contributed by atoms with Crippen molar-refractivity contribution in [3.05, 3.63) is 17.0 Å². The molecule has 0 aliphatic rings. The van der Waals surface area contributed by atoms with Gasteiger partial charge in [-0.2, -0.15) is 0 Å². The molecule has 0 saturated carbocycles. The second-order valence-corrected chi connectivity index (χ2v) is 5.14. The normalized spacial score (nSPS) is 13.8. The summed E-state index contributed by atoms with van der Waals surface area (Å²) in [7, 11) is 0. The number of carbonyl (C=O) groups is 1. The predicted octanol–water partition coefficient (Wildman–Crippen LogP) is 1.68. The first-order valence-corrected chi connectivity index (χ1v) is 7.07. The van der Waals surface area contributed by atoms with E-state index in [9.17, 15) is 4.79 Å². The summed E-state index contributed by atoms with van der Waals surface area (Å²) < 4.78 is 5.11. The number of nitrogens with zero attached hydrogens (tertiary/aromatic N) is 1. The molecule has 6 heteroatoms. The molecular formula is C14H25N3O3. The van der Waals surface area contributed by atoms with Gasteiger partial charge in [0, 0.05) is 24.3 Å². The highest BCUT2D eigenvalue weighted by atomic mass is 16.5. The number of nitrogens with one attached hydrogen (secondary N) is 2. The van der Waals surface area contributed by atoms with E-state index in [0.717, 1.165) is 23.4 Å². The number of aliphatic hydroxyl groups is 1. The van der Waals surface area contributed by atoms with Gasteiger partial charge in [0.05, 0.1) is 5.69 Å². The maximum Gasteiger partial charge on any atom is 0.315 e. The zero-order valence-corrected chi connectivity index (χ0v) is 12.7. The number of rotatable bonds is 7. The van der Waals surface area contributed by atoms with Crippen LogP contribution < -0.4 is 10.6 Å². The second kappa shape index (κ2) is 7.89. The minimum Gasteiger partial charge on any atom is -0.396 e. The Bertz CT molecular complexity index is 412. The lowest BCUT2D eigenvalue weighted by Crippen LogP contribution is -2.46. The molecule has 3 N–H and O–H groups in total. The standard InChI is InChI=1S/C14H25N3O3/c1-5-12(6-7-18)16-14(19)15-9(2)8-13-10(3)17-20-11(13)4/h9,12,18H,5-8H2,1-4H3,(H2,15,16,19). The van der Waals surface area contributed by atoms with Crippen LogP contribution in [0.5, 0.6) is 0 Å². The molecular weight excluding hydrogens is 258 g/mol. The number of hydrogen-bond donors (Lipinski definition) is 3. The molecule has 0 saturated heterocycles. The van der Waals surface area contributed by atoms with Gasteiger partial charge in [0.25, 0.3) is 0 Å². The first-order chi connectivity index (χ1) is 9.47. The van der Waals surface area contributed by atoms with Crippen molar-refractivity contribution in [2.24, 2.45) is 0 Å². The Hall–Kier alpha value is -1.56. The average molecular weight is 283 g/mol. The lowest BCUT2D eigenvalue weighted by Gasteiger charge is -2.19. The maximum absolute atomic E-state index is 11.9. The Morgan fingerprint density at radius 1 is 1.40 bits per heavy atom. The zero-order chi connectivity index (χ0) is 15.1. The molecule has 0 aliphatic heterocycles. The monoisotopic (exact) mass is 283 g/mol. The highest BCUT2D eigenvalue weighted by Gasteiger charge is 2.16. The van der Waals surface area contributed by atoms with Crippen molar-refractivity contribution in [2.45, 2.75) is 59.0 Å². The van der Waals surface area contributed by atoms with Crippen LogP contribution in [0.2, 0.25) is 0 Å². The predicted molar refractivity (Wildman–Crippen MR) is 76.6 cm³/mol. The van der Waals surface area contributed by atoms with Gasteiger partial charge >= 0.3 is 6.03 Å². The van der Waals surface area contributed by atoms with Gasteiger partial charge in [-0.3, -0.25) is 0 Å². The molecule has 0 spiro atoms. The van der Waals surface area contributed by atoms with E-state index in [0.29, 0.717) is 12.8 Å². The van der Waals surface area contributed by atoms with Crippen molar-refractivity contribution in [2.75, 3.05) is 6.61 Å². The Kier molecular flexibility index (Phi) is 6.51. The van der Waals surface area contributed by atoms with Gasteiger partial charge in [-0.1, -0.05) is 12.1 Å². The molecule has 114 valence electrons. The highest BCUT2D eigenvalue weighted by molar-refractivity contribution is 5.74. The Balaban J connectivity index is 2.45. The van der Waals surface area contributed by atoms with E-state index in [-0.39, 0.29) is 24.7 Å². The first kappa shape index (κ1) is 16.5. The molecule has 1 aromatic heterocycles. The third-order valence-electron chi connectivity index (χ3n) is 3.37. The van der Waals surface area contributed by atoms with Crippen molar-refractivity contribution in [3.63, 3.8) is 0 Å². The fraction of sp³-hybridized carbons (Fsp3) is 0.714. The van der Waals surface area contributed by atoms with Crippen molar-refractivity contribution in [1.82, 2.24) is 15.8 Å². The topological polar surface area (TPSA) is 87.4 Å². The van der Waals surface area contributed by atoms with E-state index >= 15 is 0 Å². The first-order valence-electron chi connectivity index (χ1n) is 7.07. The largest absolute Gasteiger partial charge is 0.396 e. The Morgan fingerprint density at radius 2 is 2.10 bits per heavy atom. The lowest BCUT2D eigenvalue weighted by molar-refractivity contribution is 0.225. The van der Waals surface area contributed by atoms with Crippen molar-refractivity contribution < 1.29 is 14.4 Å². The summed E-state index contributed by atoms with van der Waals surface area (Å²) >= 11 is 0. The average Bonchev–Trinajstić information content (AvgIpc) is 2.69. The van der Waals surface area contributed by atoms with E-state index in [1.807, 2.05) is 27.7 Å². The molecule has 2 atom stereocenters. The van der Waals surface area contributed by atoms with Gasteiger partial charge in [-0.15, -0.1) is 0 Å². The van der Waals surface area contributed by atoms with Crippen LogP contribution in [0.15, 0.2) is 4.52 Å². The summed E-state index contributed by atoms with van der Waals surface area (Å²) in [5.74, 6) is 0.795. The lowest BCUT2D eigenvalue weighted by atomic mass is 10.1. The van der Waals surface area contributed by atoms with Crippen LogP contribution >= 0.6 is 0 Å². The smallest absolute Gasteiger partial charge is 0.315 e. The van der Waals surface area contributed by atoms with Crippen LogP contribution in [0, 0.1) is 13.8 Å². The number of aliphatic hydroxyl groups excluding tert-OH is 1. The summed E-state index contributed by atoms with van der Waals surface area (Å²) in [4.78, 5) is 11.9. The molecule has 0 bridgehead atoms. The minimum absolute atomic E-state index is 0.00580. The van der Waals surface area contributed by atoms with Crippen LogP contribution in [0.25, 0.3) is 0 Å². The number of aromatic nitrogens is 1. The zero-order valence-electron chi connectivity index (χ0n) is 12.7. The fourth-order valence-corrected chi connectivity index (χ4v) is 2.14. The molecule has 0 radical (unpaired) electrons. The summed E-state index contributed by atoms with van der Waals surface area (Å²) in [5, 5.41) is 18.6. The number of hydrogen-bond acceptors (Lipinski definition) is 4. The van der Waals surface area contributed by atoms with Crippen LogP contribution in [0.3, 0.4) is 0 Å². The SMILES string of the molecule is CCC(CCO)NC(=O)NC(C)Cc1c(C)noc1C. The summed E-state index contributed by atoms with van der Waals surface area (Å²) in [6, 6.07) is -0.214.